The Bertz CT molecular complexity index is 869. The minimum absolute atomic E-state index is 0.0390. The molecule has 8 heteroatoms. The van der Waals surface area contributed by atoms with E-state index in [1.54, 1.807) is 4.90 Å². The summed E-state index contributed by atoms with van der Waals surface area (Å²) in [5.41, 5.74) is 1.92. The second kappa shape index (κ2) is 9.84. The zero-order chi connectivity index (χ0) is 20.8. The lowest BCUT2D eigenvalue weighted by Gasteiger charge is -2.31. The zero-order valence-electron chi connectivity index (χ0n) is 16.2. The highest BCUT2D eigenvalue weighted by atomic mass is 32.2. The van der Waals surface area contributed by atoms with Crippen LogP contribution >= 0.6 is 11.8 Å². The maximum Gasteiger partial charge on any atom is 0.279 e. The lowest BCUT2D eigenvalue weighted by Crippen LogP contribution is -3.15. The number of halogens is 2. The number of anilines is 1. The molecule has 0 saturated carbocycles. The standard InChI is InChI=1S/C21H23F2N3O2S/c1-15-2-4-16(5-3-15)24-20(27)13-25-8-10-26(11-9-25)21(28)14-29-17-6-7-18(22)19(23)12-17/h2-7,12H,8-11,13-14H2,1H3,(H,24,27)/p+1. The Kier molecular flexibility index (Phi) is 7.22. The summed E-state index contributed by atoms with van der Waals surface area (Å²) in [6, 6.07) is 11.3. The van der Waals surface area contributed by atoms with Gasteiger partial charge in [-0.3, -0.25) is 9.59 Å². The molecule has 1 fully saturated rings. The molecule has 0 unspecified atom stereocenters. The first kappa shape index (κ1) is 21.3. The molecular formula is C21H24F2N3O2S+. The summed E-state index contributed by atoms with van der Waals surface area (Å²) in [6.45, 7) is 4.90. The third-order valence-corrected chi connectivity index (χ3v) is 5.80. The van der Waals surface area contributed by atoms with Crippen molar-refractivity contribution in [2.45, 2.75) is 11.8 Å². The van der Waals surface area contributed by atoms with Gasteiger partial charge in [0.1, 0.15) is 0 Å². The Morgan fingerprint density at radius 3 is 2.41 bits per heavy atom. The molecule has 154 valence electrons. The van der Waals surface area contributed by atoms with Gasteiger partial charge in [-0.25, -0.2) is 8.78 Å². The Morgan fingerprint density at radius 2 is 1.76 bits per heavy atom. The van der Waals surface area contributed by atoms with Gasteiger partial charge >= 0.3 is 0 Å². The third-order valence-electron chi connectivity index (χ3n) is 4.82. The Hall–Kier alpha value is -2.45. The molecule has 1 aliphatic rings. The molecule has 1 heterocycles. The van der Waals surface area contributed by atoms with E-state index in [-0.39, 0.29) is 17.6 Å². The van der Waals surface area contributed by atoms with Gasteiger partial charge in [0.05, 0.1) is 31.9 Å². The predicted molar refractivity (Wildman–Crippen MR) is 109 cm³/mol. The molecule has 2 amide bonds. The van der Waals surface area contributed by atoms with Gasteiger partial charge in [-0.1, -0.05) is 17.7 Å². The largest absolute Gasteiger partial charge is 0.331 e. The van der Waals surface area contributed by atoms with Crippen LogP contribution in [0.15, 0.2) is 47.4 Å². The summed E-state index contributed by atoms with van der Waals surface area (Å²) >= 11 is 1.19. The number of hydrogen-bond donors (Lipinski definition) is 2. The molecule has 0 aromatic heterocycles. The second-order valence-electron chi connectivity index (χ2n) is 7.09. The molecule has 0 bridgehead atoms. The number of thioether (sulfide) groups is 1. The number of rotatable bonds is 6. The lowest BCUT2D eigenvalue weighted by atomic mass is 10.2. The first-order valence-corrected chi connectivity index (χ1v) is 10.4. The molecule has 2 N–H and O–H groups in total. The van der Waals surface area contributed by atoms with Gasteiger partial charge in [-0.05, 0) is 37.3 Å². The van der Waals surface area contributed by atoms with Gasteiger partial charge in [-0.2, -0.15) is 0 Å². The summed E-state index contributed by atoms with van der Waals surface area (Å²) in [7, 11) is 0. The van der Waals surface area contributed by atoms with E-state index in [0.717, 1.165) is 28.3 Å². The van der Waals surface area contributed by atoms with Gasteiger partial charge in [0.15, 0.2) is 18.2 Å². The quantitative estimate of drug-likeness (QED) is 0.700. The van der Waals surface area contributed by atoms with Gasteiger partial charge in [-0.15, -0.1) is 11.8 Å². The second-order valence-corrected chi connectivity index (χ2v) is 8.14. The van der Waals surface area contributed by atoms with Crippen molar-refractivity contribution in [2.24, 2.45) is 0 Å². The van der Waals surface area contributed by atoms with Gasteiger partial charge < -0.3 is 15.1 Å². The highest BCUT2D eigenvalue weighted by Crippen LogP contribution is 2.20. The van der Waals surface area contributed by atoms with Crippen molar-refractivity contribution in [3.8, 4) is 0 Å². The van der Waals surface area contributed by atoms with Gasteiger partial charge in [0, 0.05) is 10.6 Å². The number of carbonyl (C=O) groups is 2. The smallest absolute Gasteiger partial charge is 0.279 e. The fraction of sp³-hybridized carbons (Fsp3) is 0.333. The van der Waals surface area contributed by atoms with Crippen molar-refractivity contribution in [3.63, 3.8) is 0 Å². The van der Waals surface area contributed by atoms with Gasteiger partial charge in [0.25, 0.3) is 5.91 Å². The third kappa shape index (κ3) is 6.27. The Balaban J connectivity index is 1.40. The van der Waals surface area contributed by atoms with Crippen LogP contribution in [0.25, 0.3) is 0 Å². The molecule has 0 radical (unpaired) electrons. The van der Waals surface area contributed by atoms with Crippen molar-refractivity contribution in [2.75, 3.05) is 43.8 Å². The number of benzene rings is 2. The molecular weight excluding hydrogens is 396 g/mol. The monoisotopic (exact) mass is 420 g/mol. The van der Waals surface area contributed by atoms with Crippen LogP contribution in [-0.4, -0.2) is 55.2 Å². The first-order chi connectivity index (χ1) is 13.9. The van der Waals surface area contributed by atoms with Crippen LogP contribution in [0.5, 0.6) is 0 Å². The lowest BCUT2D eigenvalue weighted by molar-refractivity contribution is -0.895. The average Bonchev–Trinajstić information content (AvgIpc) is 2.71. The van der Waals surface area contributed by atoms with E-state index in [0.29, 0.717) is 37.6 Å². The van der Waals surface area contributed by atoms with Crippen molar-refractivity contribution in [3.05, 3.63) is 59.7 Å². The maximum atomic E-state index is 13.2. The number of nitrogens with zero attached hydrogens (tertiary/aromatic N) is 1. The molecule has 29 heavy (non-hydrogen) atoms. The van der Waals surface area contributed by atoms with E-state index < -0.39 is 11.6 Å². The summed E-state index contributed by atoms with van der Waals surface area (Å²) in [5.74, 6) is -1.72. The van der Waals surface area contributed by atoms with E-state index in [1.165, 1.54) is 17.8 Å². The van der Waals surface area contributed by atoms with Crippen molar-refractivity contribution in [1.29, 1.82) is 0 Å². The van der Waals surface area contributed by atoms with Crippen molar-refractivity contribution >= 4 is 29.3 Å². The minimum Gasteiger partial charge on any atom is -0.331 e. The first-order valence-electron chi connectivity index (χ1n) is 9.46. The van der Waals surface area contributed by atoms with Crippen molar-refractivity contribution < 1.29 is 23.3 Å². The fourth-order valence-corrected chi connectivity index (χ4v) is 3.95. The summed E-state index contributed by atoms with van der Waals surface area (Å²) in [4.78, 5) is 28.0. The van der Waals surface area contributed by atoms with Crippen LogP contribution in [0.3, 0.4) is 0 Å². The SMILES string of the molecule is Cc1ccc(NC(=O)C[NH+]2CCN(C(=O)CSc3ccc(F)c(F)c3)CC2)cc1. The van der Waals surface area contributed by atoms with Crippen LogP contribution in [0.2, 0.25) is 0 Å². The summed E-state index contributed by atoms with van der Waals surface area (Å²) in [6.07, 6.45) is 0. The van der Waals surface area contributed by atoms with E-state index in [4.69, 9.17) is 0 Å². The van der Waals surface area contributed by atoms with Crippen LogP contribution in [0.4, 0.5) is 14.5 Å². The minimum atomic E-state index is -0.913. The van der Waals surface area contributed by atoms with Crippen LogP contribution in [0.1, 0.15) is 5.56 Å². The zero-order valence-corrected chi connectivity index (χ0v) is 17.0. The molecule has 2 aromatic rings. The molecule has 1 saturated heterocycles. The molecule has 5 nitrogen and oxygen atoms in total. The number of piperazine rings is 1. The van der Waals surface area contributed by atoms with E-state index in [2.05, 4.69) is 5.32 Å². The number of aryl methyl sites for hydroxylation is 1. The predicted octanol–water partition coefficient (Wildman–Crippen LogP) is 1.73. The normalized spacial score (nSPS) is 14.7. The average molecular weight is 421 g/mol. The van der Waals surface area contributed by atoms with E-state index >= 15 is 0 Å². The maximum absolute atomic E-state index is 13.2. The molecule has 0 aliphatic carbocycles. The van der Waals surface area contributed by atoms with Gasteiger partial charge in [0.2, 0.25) is 5.91 Å². The van der Waals surface area contributed by atoms with Crippen molar-refractivity contribution in [1.82, 2.24) is 4.90 Å². The number of carbonyl (C=O) groups excluding carboxylic acids is 2. The number of nitrogens with one attached hydrogen (secondary N) is 2. The highest BCUT2D eigenvalue weighted by molar-refractivity contribution is 8.00. The molecule has 2 aromatic carbocycles. The van der Waals surface area contributed by atoms with E-state index in [1.807, 2.05) is 31.2 Å². The fourth-order valence-electron chi connectivity index (χ4n) is 3.12. The number of quaternary nitrogens is 1. The topological polar surface area (TPSA) is 53.9 Å². The number of hydrogen-bond acceptors (Lipinski definition) is 3. The van der Waals surface area contributed by atoms with Crippen LogP contribution in [0, 0.1) is 18.6 Å². The molecule has 0 spiro atoms. The van der Waals surface area contributed by atoms with Crippen LogP contribution in [-0.2, 0) is 9.59 Å². The van der Waals surface area contributed by atoms with E-state index in [9.17, 15) is 18.4 Å². The van der Waals surface area contributed by atoms with Crippen LogP contribution < -0.4 is 10.2 Å². The number of amides is 2. The molecule has 3 rings (SSSR count). The Labute approximate surface area is 173 Å². The summed E-state index contributed by atoms with van der Waals surface area (Å²) in [5, 5.41) is 2.90. The molecule has 0 atom stereocenters. The highest BCUT2D eigenvalue weighted by Gasteiger charge is 2.25. The summed E-state index contributed by atoms with van der Waals surface area (Å²) < 4.78 is 26.2. The Morgan fingerprint density at radius 1 is 1.07 bits per heavy atom. The molecule has 1 aliphatic heterocycles.